The first-order valence-corrected chi connectivity index (χ1v) is 11.1. The van der Waals surface area contributed by atoms with E-state index in [2.05, 4.69) is 47.3 Å². The summed E-state index contributed by atoms with van der Waals surface area (Å²) in [6.45, 7) is 9.94. The highest BCUT2D eigenvalue weighted by Crippen LogP contribution is 2.29. The number of benzene rings is 1. The number of H-pyrrole nitrogens is 1. The Morgan fingerprint density at radius 1 is 1.32 bits per heavy atom. The van der Waals surface area contributed by atoms with E-state index in [0.717, 1.165) is 6.42 Å². The number of aromatic amines is 1. The second-order valence-electron chi connectivity index (χ2n) is 7.09. The smallest absolute Gasteiger partial charge is 0.261 e. The molecule has 5 nitrogen and oxygen atoms in total. The van der Waals surface area contributed by atoms with Gasteiger partial charge in [0, 0.05) is 10.9 Å². The molecule has 1 amide bonds. The van der Waals surface area contributed by atoms with Gasteiger partial charge in [0.25, 0.3) is 11.5 Å². The first-order valence-electron chi connectivity index (χ1n) is 9.33. The van der Waals surface area contributed by atoms with Crippen LogP contribution in [-0.2, 0) is 5.75 Å². The van der Waals surface area contributed by atoms with E-state index in [1.165, 1.54) is 27.4 Å². The minimum absolute atomic E-state index is 0.0906. The average Bonchev–Trinajstić information content (AvgIpc) is 2.99. The monoisotopic (exact) mass is 415 g/mol. The van der Waals surface area contributed by atoms with Crippen LogP contribution in [0.2, 0.25) is 0 Å². The van der Waals surface area contributed by atoms with Crippen molar-refractivity contribution in [2.75, 3.05) is 0 Å². The van der Waals surface area contributed by atoms with Crippen LogP contribution in [0.15, 0.2) is 27.9 Å². The average molecular weight is 416 g/mol. The number of carbonyl (C=O) groups excluding carboxylic acids is 1. The maximum Gasteiger partial charge on any atom is 0.261 e. The van der Waals surface area contributed by atoms with Crippen molar-refractivity contribution in [2.24, 2.45) is 0 Å². The third kappa shape index (κ3) is 4.31. The van der Waals surface area contributed by atoms with Gasteiger partial charge in [-0.2, -0.15) is 0 Å². The molecule has 3 aromatic rings. The van der Waals surface area contributed by atoms with E-state index in [1.807, 2.05) is 20.8 Å². The van der Waals surface area contributed by atoms with Gasteiger partial charge >= 0.3 is 0 Å². The Labute approximate surface area is 173 Å². The molecule has 3 rings (SSSR count). The Kier molecular flexibility index (Phi) is 6.25. The second kappa shape index (κ2) is 8.49. The van der Waals surface area contributed by atoms with E-state index in [-0.39, 0.29) is 17.5 Å². The van der Waals surface area contributed by atoms with Crippen LogP contribution in [0.1, 0.15) is 52.5 Å². The van der Waals surface area contributed by atoms with Crippen molar-refractivity contribution in [1.82, 2.24) is 15.3 Å². The maximum absolute atomic E-state index is 12.6. The zero-order valence-corrected chi connectivity index (χ0v) is 18.4. The highest BCUT2D eigenvalue weighted by molar-refractivity contribution is 7.98. The Bertz CT molecular complexity index is 1090. The summed E-state index contributed by atoms with van der Waals surface area (Å²) in [5.41, 5.74) is 2.92. The molecule has 2 heterocycles. The molecule has 0 aliphatic heterocycles. The molecule has 2 N–H and O–H groups in total. The maximum atomic E-state index is 12.6. The largest absolute Gasteiger partial charge is 0.349 e. The molecular weight excluding hydrogens is 390 g/mol. The zero-order chi connectivity index (χ0) is 20.4. The molecule has 0 spiro atoms. The predicted molar refractivity (Wildman–Crippen MR) is 118 cm³/mol. The van der Waals surface area contributed by atoms with E-state index in [0.29, 0.717) is 32.2 Å². The molecular formula is C21H25N3O2S2. The lowest BCUT2D eigenvalue weighted by molar-refractivity contribution is 0.0943. The number of nitrogens with zero attached hydrogens (tertiary/aromatic N) is 1. The van der Waals surface area contributed by atoms with Gasteiger partial charge in [-0.05, 0) is 51.3 Å². The number of nitrogens with one attached hydrogen (secondary N) is 2. The van der Waals surface area contributed by atoms with Crippen molar-refractivity contribution in [3.05, 3.63) is 55.9 Å². The second-order valence-corrected chi connectivity index (χ2v) is 9.11. The third-order valence-corrected chi connectivity index (χ3v) is 7.11. The van der Waals surface area contributed by atoms with E-state index in [4.69, 9.17) is 0 Å². The molecule has 0 aliphatic rings. The predicted octanol–water partition coefficient (Wildman–Crippen LogP) is 4.73. The minimum atomic E-state index is -0.182. The van der Waals surface area contributed by atoms with Gasteiger partial charge in [0.05, 0.1) is 16.0 Å². The standard InChI is InChI=1S/C21H25N3O2S2/c1-6-13(4)22-20(26)18-14(5)17-19(25)23-16(24-21(17)28-18)10-27-15-9-11(2)7-8-12(15)3/h7-9,13H,6,10H2,1-5H3,(H,22,26)(H,23,24,25). The third-order valence-electron chi connectivity index (χ3n) is 4.75. The van der Waals surface area contributed by atoms with Gasteiger partial charge in [0.2, 0.25) is 0 Å². The Morgan fingerprint density at radius 3 is 2.79 bits per heavy atom. The number of thioether (sulfide) groups is 1. The molecule has 0 saturated heterocycles. The lowest BCUT2D eigenvalue weighted by Gasteiger charge is -2.10. The van der Waals surface area contributed by atoms with Gasteiger partial charge in [-0.3, -0.25) is 9.59 Å². The summed E-state index contributed by atoms with van der Waals surface area (Å²) >= 11 is 2.94. The number of hydrogen-bond donors (Lipinski definition) is 2. The van der Waals surface area contributed by atoms with Crippen molar-refractivity contribution in [3.8, 4) is 0 Å². The molecule has 1 aromatic carbocycles. The van der Waals surface area contributed by atoms with E-state index in [1.54, 1.807) is 11.8 Å². The molecule has 2 aromatic heterocycles. The summed E-state index contributed by atoms with van der Waals surface area (Å²) < 4.78 is 0. The summed E-state index contributed by atoms with van der Waals surface area (Å²) in [4.78, 5) is 35.0. The molecule has 0 aliphatic carbocycles. The van der Waals surface area contributed by atoms with Crippen LogP contribution >= 0.6 is 23.1 Å². The van der Waals surface area contributed by atoms with Gasteiger partial charge in [0.15, 0.2) is 0 Å². The first-order chi connectivity index (χ1) is 13.3. The molecule has 28 heavy (non-hydrogen) atoms. The van der Waals surface area contributed by atoms with Crippen LogP contribution < -0.4 is 10.9 Å². The number of aromatic nitrogens is 2. The SMILES string of the molecule is CCC(C)NC(=O)c1sc2nc(CSc3cc(C)ccc3C)[nH]c(=O)c2c1C. The fourth-order valence-electron chi connectivity index (χ4n) is 2.87. The molecule has 0 saturated carbocycles. The Balaban J connectivity index is 1.89. The van der Waals surface area contributed by atoms with E-state index in [9.17, 15) is 9.59 Å². The van der Waals surface area contributed by atoms with Crippen LogP contribution in [0.4, 0.5) is 0 Å². The van der Waals surface area contributed by atoms with Crippen LogP contribution in [0, 0.1) is 20.8 Å². The minimum Gasteiger partial charge on any atom is -0.349 e. The zero-order valence-electron chi connectivity index (χ0n) is 16.8. The van der Waals surface area contributed by atoms with Gasteiger partial charge in [-0.1, -0.05) is 24.6 Å². The molecule has 0 bridgehead atoms. The molecule has 0 fully saturated rings. The number of amides is 1. The van der Waals surface area contributed by atoms with Crippen LogP contribution in [0.25, 0.3) is 10.2 Å². The van der Waals surface area contributed by atoms with E-state index < -0.39 is 0 Å². The number of fused-ring (bicyclic) bond motifs is 1. The quantitative estimate of drug-likeness (QED) is 0.571. The molecule has 7 heteroatoms. The number of rotatable bonds is 6. The topological polar surface area (TPSA) is 74.8 Å². The fourth-order valence-corrected chi connectivity index (χ4v) is 4.97. The van der Waals surface area contributed by atoms with E-state index >= 15 is 0 Å². The number of thiophene rings is 1. The molecule has 1 atom stereocenters. The highest BCUT2D eigenvalue weighted by atomic mass is 32.2. The Hall–Kier alpha value is -2.12. The van der Waals surface area contributed by atoms with Gasteiger partial charge < -0.3 is 10.3 Å². The van der Waals surface area contributed by atoms with Crippen molar-refractivity contribution in [1.29, 1.82) is 0 Å². The van der Waals surface area contributed by atoms with Crippen molar-refractivity contribution in [2.45, 2.75) is 57.7 Å². The summed E-state index contributed by atoms with van der Waals surface area (Å²) in [7, 11) is 0. The van der Waals surface area contributed by atoms with Crippen molar-refractivity contribution in [3.63, 3.8) is 0 Å². The molecule has 1 unspecified atom stereocenters. The van der Waals surface area contributed by atoms with Gasteiger partial charge in [-0.25, -0.2) is 4.98 Å². The van der Waals surface area contributed by atoms with Crippen molar-refractivity contribution >= 4 is 39.2 Å². The number of carbonyl (C=O) groups is 1. The fraction of sp³-hybridized carbons (Fsp3) is 0.381. The lowest BCUT2D eigenvalue weighted by Crippen LogP contribution is -2.31. The number of hydrogen-bond acceptors (Lipinski definition) is 5. The first kappa shape index (κ1) is 20.6. The summed E-state index contributed by atoms with van der Waals surface area (Å²) in [6, 6.07) is 6.42. The summed E-state index contributed by atoms with van der Waals surface area (Å²) in [5, 5.41) is 3.48. The summed E-state index contributed by atoms with van der Waals surface area (Å²) in [5.74, 6) is 1.06. The number of aryl methyl sites for hydroxylation is 3. The molecule has 148 valence electrons. The van der Waals surface area contributed by atoms with Crippen LogP contribution in [-0.4, -0.2) is 21.9 Å². The van der Waals surface area contributed by atoms with Gasteiger partial charge in [0.1, 0.15) is 10.7 Å². The normalized spacial score (nSPS) is 12.3. The van der Waals surface area contributed by atoms with Crippen molar-refractivity contribution < 1.29 is 4.79 Å². The van der Waals surface area contributed by atoms with Gasteiger partial charge in [-0.15, -0.1) is 23.1 Å². The highest BCUT2D eigenvalue weighted by Gasteiger charge is 2.20. The Morgan fingerprint density at radius 2 is 2.07 bits per heavy atom. The molecule has 0 radical (unpaired) electrons. The van der Waals surface area contributed by atoms with Crippen LogP contribution in [0.3, 0.4) is 0 Å². The van der Waals surface area contributed by atoms with Crippen LogP contribution in [0.5, 0.6) is 0 Å². The summed E-state index contributed by atoms with van der Waals surface area (Å²) in [6.07, 6.45) is 0.855. The lowest BCUT2D eigenvalue weighted by atomic mass is 10.2.